The van der Waals surface area contributed by atoms with Crippen LogP contribution in [0.3, 0.4) is 0 Å². The van der Waals surface area contributed by atoms with Gasteiger partial charge in [0.25, 0.3) is 5.91 Å². The smallest absolute Gasteiger partial charge is 0.439 e. The molecule has 0 saturated heterocycles. The van der Waals surface area contributed by atoms with Crippen molar-refractivity contribution in [1.82, 2.24) is 10.1 Å². The van der Waals surface area contributed by atoms with Crippen LogP contribution in [-0.2, 0) is 6.42 Å². The Morgan fingerprint density at radius 3 is 2.68 bits per heavy atom. The standard InChI is InChI=1S/C18H11Cl2N3O4S/c19-12-6-9(21-17(25)16-22-18(26)27-23-16)7-13(20)11(12)5-8-1-2-14(24)15-10(8)3-4-28-15/h1-4,6-7,24H,5H2,(H,21,25)(H,22,23,26). The Morgan fingerprint density at radius 1 is 1.25 bits per heavy atom. The molecule has 0 unspecified atom stereocenters. The second-order valence-electron chi connectivity index (χ2n) is 5.90. The number of halogens is 2. The van der Waals surface area contributed by atoms with Crippen LogP contribution in [0.5, 0.6) is 5.75 Å². The third-order valence-corrected chi connectivity index (χ3v) is 5.72. The van der Waals surface area contributed by atoms with Gasteiger partial charge < -0.3 is 10.4 Å². The molecule has 0 saturated carbocycles. The molecule has 7 nitrogen and oxygen atoms in total. The van der Waals surface area contributed by atoms with Gasteiger partial charge >= 0.3 is 5.76 Å². The molecule has 0 spiro atoms. The van der Waals surface area contributed by atoms with E-state index >= 15 is 0 Å². The van der Waals surface area contributed by atoms with Gasteiger partial charge in [-0.05, 0) is 51.3 Å². The molecule has 1 amide bonds. The molecule has 4 rings (SSSR count). The number of nitrogens with one attached hydrogen (secondary N) is 2. The summed E-state index contributed by atoms with van der Waals surface area (Å²) in [6.45, 7) is 0. The van der Waals surface area contributed by atoms with Gasteiger partial charge in [0.15, 0.2) is 0 Å². The van der Waals surface area contributed by atoms with Gasteiger partial charge in [0.05, 0.1) is 4.70 Å². The summed E-state index contributed by atoms with van der Waals surface area (Å²) in [5.74, 6) is -1.52. The Hall–Kier alpha value is -2.81. The molecule has 0 aliphatic rings. The maximum atomic E-state index is 12.1. The lowest BCUT2D eigenvalue weighted by Crippen LogP contribution is -2.15. The zero-order valence-electron chi connectivity index (χ0n) is 14.0. The van der Waals surface area contributed by atoms with Crippen molar-refractivity contribution in [3.8, 4) is 5.75 Å². The van der Waals surface area contributed by atoms with Crippen LogP contribution in [0, 0.1) is 0 Å². The van der Waals surface area contributed by atoms with Crippen LogP contribution in [0.4, 0.5) is 5.69 Å². The minimum atomic E-state index is -0.829. The van der Waals surface area contributed by atoms with Crippen molar-refractivity contribution >= 4 is 56.2 Å². The molecule has 4 aromatic rings. The molecule has 0 aliphatic carbocycles. The first-order valence-corrected chi connectivity index (χ1v) is 9.59. The van der Waals surface area contributed by atoms with E-state index in [2.05, 4.69) is 20.0 Å². The minimum Gasteiger partial charge on any atom is -0.506 e. The van der Waals surface area contributed by atoms with Gasteiger partial charge in [-0.2, -0.15) is 0 Å². The molecule has 0 fully saturated rings. The maximum absolute atomic E-state index is 12.1. The highest BCUT2D eigenvalue weighted by atomic mass is 35.5. The van der Waals surface area contributed by atoms with Crippen LogP contribution >= 0.6 is 34.5 Å². The molecule has 0 bridgehead atoms. The largest absolute Gasteiger partial charge is 0.506 e. The van der Waals surface area contributed by atoms with E-state index in [0.29, 0.717) is 27.7 Å². The Kier molecular flexibility index (Phi) is 4.84. The van der Waals surface area contributed by atoms with E-state index in [0.717, 1.165) is 15.6 Å². The fourth-order valence-electron chi connectivity index (χ4n) is 2.81. The molecule has 2 aromatic carbocycles. The lowest BCUT2D eigenvalue weighted by Gasteiger charge is -2.12. The number of aromatic amines is 1. The van der Waals surface area contributed by atoms with Gasteiger partial charge in [-0.3, -0.25) is 14.3 Å². The molecule has 2 aromatic heterocycles. The predicted molar refractivity (Wildman–Crippen MR) is 108 cm³/mol. The monoisotopic (exact) mass is 435 g/mol. The number of rotatable bonds is 4. The molecular formula is C18H11Cl2N3O4S. The zero-order valence-corrected chi connectivity index (χ0v) is 16.3. The van der Waals surface area contributed by atoms with Crippen molar-refractivity contribution in [1.29, 1.82) is 0 Å². The number of H-pyrrole nitrogens is 1. The molecule has 142 valence electrons. The Bertz CT molecular complexity index is 1240. The van der Waals surface area contributed by atoms with Crippen molar-refractivity contribution in [2.45, 2.75) is 6.42 Å². The van der Waals surface area contributed by atoms with Crippen molar-refractivity contribution in [3.05, 3.63) is 73.3 Å². The number of nitrogens with zero attached hydrogens (tertiary/aromatic N) is 1. The highest BCUT2D eigenvalue weighted by Crippen LogP contribution is 2.36. The van der Waals surface area contributed by atoms with Crippen LogP contribution in [0.25, 0.3) is 10.1 Å². The minimum absolute atomic E-state index is 0.231. The average Bonchev–Trinajstić information content (AvgIpc) is 3.29. The summed E-state index contributed by atoms with van der Waals surface area (Å²) in [4.78, 5) is 25.2. The molecule has 3 N–H and O–H groups in total. The van der Waals surface area contributed by atoms with Gasteiger partial charge in [0.1, 0.15) is 5.75 Å². The number of amides is 1. The maximum Gasteiger partial charge on any atom is 0.439 e. The summed E-state index contributed by atoms with van der Waals surface area (Å²) in [7, 11) is 0. The van der Waals surface area contributed by atoms with Gasteiger partial charge in [-0.1, -0.05) is 29.3 Å². The molecule has 28 heavy (non-hydrogen) atoms. The van der Waals surface area contributed by atoms with Crippen molar-refractivity contribution in [2.75, 3.05) is 5.32 Å². The zero-order chi connectivity index (χ0) is 19.8. The van der Waals surface area contributed by atoms with Gasteiger partial charge in [0.2, 0.25) is 5.82 Å². The van der Waals surface area contributed by atoms with E-state index in [1.807, 2.05) is 17.5 Å². The quantitative estimate of drug-likeness (QED) is 0.439. The Balaban J connectivity index is 1.62. The molecule has 10 heteroatoms. The number of carbonyl (C=O) groups is 1. The number of aromatic nitrogens is 2. The summed E-state index contributed by atoms with van der Waals surface area (Å²) in [5, 5.41) is 19.4. The summed E-state index contributed by atoms with van der Waals surface area (Å²) in [6.07, 6.45) is 0.454. The van der Waals surface area contributed by atoms with Gasteiger partial charge in [-0.25, -0.2) is 4.79 Å². The molecule has 0 aliphatic heterocycles. The molecular weight excluding hydrogens is 425 g/mol. The number of benzene rings is 2. The molecule has 0 atom stereocenters. The molecule has 0 radical (unpaired) electrons. The van der Waals surface area contributed by atoms with E-state index in [1.54, 1.807) is 18.2 Å². The third kappa shape index (κ3) is 3.49. The van der Waals surface area contributed by atoms with Crippen molar-refractivity contribution in [2.24, 2.45) is 0 Å². The van der Waals surface area contributed by atoms with E-state index in [1.165, 1.54) is 11.3 Å². The van der Waals surface area contributed by atoms with Crippen molar-refractivity contribution < 1.29 is 14.4 Å². The normalized spacial score (nSPS) is 11.1. The van der Waals surface area contributed by atoms with Crippen LogP contribution in [0.1, 0.15) is 21.7 Å². The fraction of sp³-hybridized carbons (Fsp3) is 0.0556. The van der Waals surface area contributed by atoms with Gasteiger partial charge in [0, 0.05) is 22.2 Å². The second kappa shape index (κ2) is 7.31. The average molecular weight is 436 g/mol. The highest BCUT2D eigenvalue weighted by molar-refractivity contribution is 7.17. The van der Waals surface area contributed by atoms with Crippen molar-refractivity contribution in [3.63, 3.8) is 0 Å². The SMILES string of the molecule is O=C(Nc1cc(Cl)c(Cc2ccc(O)c3sccc23)c(Cl)c1)c1noc(=O)[nH]1. The number of carbonyl (C=O) groups excluding carboxylic acids is 1. The lowest BCUT2D eigenvalue weighted by molar-refractivity contribution is 0.101. The molecule has 2 heterocycles. The van der Waals surface area contributed by atoms with Crippen LogP contribution in [0.15, 0.2) is 45.0 Å². The van der Waals surface area contributed by atoms with Crippen LogP contribution in [-0.4, -0.2) is 21.2 Å². The number of thiophene rings is 1. The Labute approximate surface area is 171 Å². The number of phenolic OH excluding ortho intramolecular Hbond substituents is 1. The summed E-state index contributed by atoms with van der Waals surface area (Å²) in [5.41, 5.74) is 2.00. The first-order valence-electron chi connectivity index (χ1n) is 7.95. The first-order chi connectivity index (χ1) is 13.4. The number of hydrogen-bond donors (Lipinski definition) is 3. The number of fused-ring (bicyclic) bond motifs is 1. The van der Waals surface area contributed by atoms with Crippen LogP contribution in [0.2, 0.25) is 10.0 Å². The van der Waals surface area contributed by atoms with E-state index in [-0.39, 0.29) is 11.6 Å². The fourth-order valence-corrected chi connectivity index (χ4v) is 4.29. The first kappa shape index (κ1) is 18.5. The van der Waals surface area contributed by atoms with E-state index < -0.39 is 11.7 Å². The Morgan fingerprint density at radius 2 is 2.00 bits per heavy atom. The summed E-state index contributed by atoms with van der Waals surface area (Å²) >= 11 is 14.3. The second-order valence-corrected chi connectivity index (χ2v) is 7.63. The lowest BCUT2D eigenvalue weighted by atomic mass is 10.0. The predicted octanol–water partition coefficient (Wildman–Crippen LogP) is 4.43. The topological polar surface area (TPSA) is 108 Å². The van der Waals surface area contributed by atoms with Gasteiger partial charge in [-0.15, -0.1) is 11.3 Å². The van der Waals surface area contributed by atoms with E-state index in [4.69, 9.17) is 23.2 Å². The number of anilines is 1. The number of phenols is 1. The highest BCUT2D eigenvalue weighted by Gasteiger charge is 2.16. The van der Waals surface area contributed by atoms with Crippen LogP contribution < -0.4 is 11.1 Å². The summed E-state index contributed by atoms with van der Waals surface area (Å²) in [6, 6.07) is 8.52. The van der Waals surface area contributed by atoms with E-state index in [9.17, 15) is 14.7 Å². The number of hydrogen-bond acceptors (Lipinski definition) is 6. The number of aromatic hydroxyl groups is 1. The third-order valence-electron chi connectivity index (χ3n) is 4.11. The summed E-state index contributed by atoms with van der Waals surface area (Å²) < 4.78 is 5.10.